The van der Waals surface area contributed by atoms with E-state index in [2.05, 4.69) is 48.7 Å². The number of ketones is 2. The first kappa shape index (κ1) is 26.9. The van der Waals surface area contributed by atoms with Crippen LogP contribution >= 0.6 is 11.3 Å². The molecular weight excluding hydrogens is 544 g/mol. The Bertz CT molecular complexity index is 1890. The van der Waals surface area contributed by atoms with E-state index >= 15 is 0 Å². The van der Waals surface area contributed by atoms with Gasteiger partial charge in [-0.1, -0.05) is 0 Å². The van der Waals surface area contributed by atoms with Crippen LogP contribution in [-0.2, 0) is 12.8 Å². The van der Waals surface area contributed by atoms with Crippen LogP contribution in [0.25, 0.3) is 11.3 Å². The van der Waals surface area contributed by atoms with Crippen molar-refractivity contribution >= 4 is 22.9 Å². The Balaban J connectivity index is 0.000000157. The predicted molar refractivity (Wildman–Crippen MR) is 159 cm³/mol. The molecule has 9 heteroatoms. The molecule has 204 valence electrons. The number of Topliss-reactive ketones (excluding diaryl/α,β-unsaturated/α-hetero) is 2. The zero-order valence-electron chi connectivity index (χ0n) is 22.6. The molecule has 0 fully saturated rings. The second-order valence-corrected chi connectivity index (χ2v) is 10.6. The summed E-state index contributed by atoms with van der Waals surface area (Å²) in [6.45, 7) is 0. The zero-order chi connectivity index (χ0) is 28.7. The van der Waals surface area contributed by atoms with Crippen molar-refractivity contribution in [3.05, 3.63) is 112 Å². The quantitative estimate of drug-likeness (QED) is 0.257. The average molecular weight is 569 g/mol. The number of aryl methyl sites for hydroxylation is 2. The first-order valence-corrected chi connectivity index (χ1v) is 14.4. The smallest absolute Gasteiger partial charge is 0.167 e. The van der Waals surface area contributed by atoms with Crippen LogP contribution in [0.5, 0.6) is 0 Å². The number of carbonyl (C=O) groups is 2. The lowest BCUT2D eigenvalue weighted by molar-refractivity contribution is 0.0963. The fourth-order valence-corrected chi connectivity index (χ4v) is 5.19. The van der Waals surface area contributed by atoms with Crippen molar-refractivity contribution in [3.8, 4) is 35.1 Å². The van der Waals surface area contributed by atoms with Crippen LogP contribution in [0.2, 0.25) is 0 Å². The van der Waals surface area contributed by atoms with Gasteiger partial charge in [0.1, 0.15) is 17.7 Å². The van der Waals surface area contributed by atoms with E-state index in [9.17, 15) is 9.59 Å². The standard InChI is InChI=1S/C19H14N4O.C14H10N2OS/c24-19-5-1-4-17-16(19)7-6-15(22-17)8-10-23-12-18(21-13-23)14-3-2-9-20-11-14;17-13-3-1-2-12-11(13)6-4-10(16-12)5-7-14-15-8-9-18-14/h2-3,6-7,9,11-13H,1,4-5H2;4,6,8-9H,1-3H2. The van der Waals surface area contributed by atoms with Gasteiger partial charge in [-0.15, -0.1) is 11.3 Å². The Morgan fingerprint density at radius 2 is 1.48 bits per heavy atom. The van der Waals surface area contributed by atoms with Gasteiger partial charge in [0.25, 0.3) is 0 Å². The van der Waals surface area contributed by atoms with Crippen LogP contribution < -0.4 is 0 Å². The number of nitrogens with zero attached hydrogens (tertiary/aromatic N) is 6. The number of thiazole rings is 1. The SMILES string of the molecule is O=C1CCCc2nc(C#Cc3nccs3)ccc21.O=C1CCCc2nc(C#Cn3cnc(-c4cccnc4)c3)ccc21. The van der Waals surface area contributed by atoms with Crippen molar-refractivity contribution in [2.75, 3.05) is 0 Å². The largest absolute Gasteiger partial charge is 0.294 e. The van der Waals surface area contributed by atoms with Gasteiger partial charge < -0.3 is 0 Å². The van der Waals surface area contributed by atoms with Gasteiger partial charge >= 0.3 is 0 Å². The van der Waals surface area contributed by atoms with Gasteiger partial charge in [-0.2, -0.15) is 0 Å². The Labute approximate surface area is 247 Å². The Hall–Kier alpha value is -5.25. The van der Waals surface area contributed by atoms with Crippen LogP contribution in [0.4, 0.5) is 0 Å². The highest BCUT2D eigenvalue weighted by molar-refractivity contribution is 7.10. The summed E-state index contributed by atoms with van der Waals surface area (Å²) >= 11 is 1.50. The van der Waals surface area contributed by atoms with Gasteiger partial charge in [0.05, 0.1) is 17.1 Å². The summed E-state index contributed by atoms with van der Waals surface area (Å²) in [5, 5.41) is 2.67. The molecule has 0 aliphatic heterocycles. The second kappa shape index (κ2) is 12.5. The third-order valence-corrected chi connectivity index (χ3v) is 7.46. The molecule has 0 radical (unpaired) electrons. The molecule has 8 nitrogen and oxygen atoms in total. The van der Waals surface area contributed by atoms with Crippen molar-refractivity contribution in [2.45, 2.75) is 38.5 Å². The van der Waals surface area contributed by atoms with E-state index < -0.39 is 0 Å². The van der Waals surface area contributed by atoms with Crippen molar-refractivity contribution < 1.29 is 9.59 Å². The number of rotatable bonds is 1. The van der Waals surface area contributed by atoms with Gasteiger partial charge in [0.15, 0.2) is 16.6 Å². The summed E-state index contributed by atoms with van der Waals surface area (Å²) < 4.78 is 1.70. The summed E-state index contributed by atoms with van der Waals surface area (Å²) in [5.74, 6) is 9.36. The molecule has 5 aromatic heterocycles. The minimum Gasteiger partial charge on any atom is -0.294 e. The molecule has 0 bridgehead atoms. The molecule has 0 saturated carbocycles. The number of aromatic nitrogens is 6. The Morgan fingerprint density at radius 1 is 0.762 bits per heavy atom. The molecule has 2 aliphatic carbocycles. The lowest BCUT2D eigenvalue weighted by Crippen LogP contribution is -2.12. The Kier molecular flexibility index (Phi) is 8.02. The fraction of sp³-hybridized carbons (Fsp3) is 0.182. The first-order valence-electron chi connectivity index (χ1n) is 13.6. The molecule has 42 heavy (non-hydrogen) atoms. The summed E-state index contributed by atoms with van der Waals surface area (Å²) in [4.78, 5) is 44.9. The van der Waals surface area contributed by atoms with Crippen LogP contribution in [0.3, 0.4) is 0 Å². The molecule has 0 N–H and O–H groups in total. The van der Waals surface area contributed by atoms with Crippen molar-refractivity contribution in [2.24, 2.45) is 0 Å². The van der Waals surface area contributed by atoms with Crippen molar-refractivity contribution in [1.82, 2.24) is 29.5 Å². The third-order valence-electron chi connectivity index (χ3n) is 6.77. The highest BCUT2D eigenvalue weighted by Crippen LogP contribution is 2.21. The molecule has 0 unspecified atom stereocenters. The van der Waals surface area contributed by atoms with E-state index in [1.807, 2.05) is 41.9 Å². The highest BCUT2D eigenvalue weighted by Gasteiger charge is 2.19. The maximum atomic E-state index is 11.8. The molecule has 0 atom stereocenters. The van der Waals surface area contributed by atoms with Crippen LogP contribution in [-0.4, -0.2) is 41.1 Å². The van der Waals surface area contributed by atoms with E-state index in [4.69, 9.17) is 0 Å². The highest BCUT2D eigenvalue weighted by atomic mass is 32.1. The van der Waals surface area contributed by atoms with Gasteiger partial charge in [-0.3, -0.25) is 19.1 Å². The van der Waals surface area contributed by atoms with Crippen molar-refractivity contribution in [3.63, 3.8) is 0 Å². The van der Waals surface area contributed by atoms with E-state index in [-0.39, 0.29) is 11.6 Å². The fourth-order valence-electron chi connectivity index (χ4n) is 4.70. The monoisotopic (exact) mass is 568 g/mol. The van der Waals surface area contributed by atoms with Crippen LogP contribution in [0, 0.1) is 23.8 Å². The van der Waals surface area contributed by atoms with E-state index in [0.29, 0.717) is 24.2 Å². The molecule has 2 aliphatic rings. The average Bonchev–Trinajstić information content (AvgIpc) is 3.73. The number of hydrogen-bond acceptors (Lipinski definition) is 8. The zero-order valence-corrected chi connectivity index (χ0v) is 23.4. The van der Waals surface area contributed by atoms with Crippen LogP contribution in [0.1, 0.15) is 74.2 Å². The Morgan fingerprint density at radius 3 is 2.12 bits per heavy atom. The molecule has 5 aromatic rings. The molecular formula is C33H24N6O2S. The van der Waals surface area contributed by atoms with Gasteiger partial charge in [0.2, 0.25) is 0 Å². The number of hydrogen-bond donors (Lipinski definition) is 0. The maximum Gasteiger partial charge on any atom is 0.167 e. The third kappa shape index (κ3) is 6.38. The summed E-state index contributed by atoms with van der Waals surface area (Å²) in [6.07, 6.45) is 13.5. The maximum absolute atomic E-state index is 11.8. The van der Waals surface area contributed by atoms with E-state index in [1.54, 1.807) is 35.6 Å². The molecule has 5 heterocycles. The van der Waals surface area contributed by atoms with Gasteiger partial charge in [-0.25, -0.2) is 19.9 Å². The molecule has 0 saturated heterocycles. The minimum atomic E-state index is 0.180. The van der Waals surface area contributed by atoms with E-state index in [0.717, 1.165) is 64.5 Å². The van der Waals surface area contributed by atoms with E-state index in [1.165, 1.54) is 11.3 Å². The summed E-state index contributed by atoms with van der Waals surface area (Å²) in [5.41, 5.74) is 6.40. The predicted octanol–water partition coefficient (Wildman–Crippen LogP) is 5.17. The van der Waals surface area contributed by atoms with Crippen molar-refractivity contribution in [1.29, 1.82) is 0 Å². The number of carbonyl (C=O) groups excluding carboxylic acids is 2. The second-order valence-electron chi connectivity index (χ2n) is 9.67. The lowest BCUT2D eigenvalue weighted by atomic mass is 9.94. The molecule has 0 aromatic carbocycles. The van der Waals surface area contributed by atoms with Crippen LogP contribution in [0.15, 0.2) is 72.9 Å². The van der Waals surface area contributed by atoms with Gasteiger partial charge in [-0.05, 0) is 79.8 Å². The van der Waals surface area contributed by atoms with Gasteiger partial charge in [0, 0.05) is 65.7 Å². The summed E-state index contributed by atoms with van der Waals surface area (Å²) in [7, 11) is 0. The number of imidazole rings is 1. The first-order chi connectivity index (χ1) is 20.6. The number of fused-ring (bicyclic) bond motifs is 2. The minimum absolute atomic E-state index is 0.180. The lowest BCUT2D eigenvalue weighted by Gasteiger charge is -2.12. The summed E-state index contributed by atoms with van der Waals surface area (Å²) in [6, 6.07) is 14.1. The number of pyridine rings is 3. The molecule has 0 spiro atoms. The molecule has 7 rings (SSSR count). The normalized spacial score (nSPS) is 13.3. The molecule has 0 amide bonds. The topological polar surface area (TPSA) is 104 Å².